The number of nitro groups is 1. The smallest absolute Gasteiger partial charge is 0.462 e. The molecule has 2 rings (SSSR count). The van der Waals surface area contributed by atoms with Crippen molar-refractivity contribution in [2.24, 2.45) is 0 Å². The lowest BCUT2D eigenvalue weighted by atomic mass is 10.1. The Balaban J connectivity index is 1.50. The zero-order chi connectivity index (χ0) is 19.5. The van der Waals surface area contributed by atoms with Crippen LogP contribution in [0, 0.1) is 10.1 Å². The van der Waals surface area contributed by atoms with Crippen molar-refractivity contribution in [2.75, 3.05) is 19.0 Å². The van der Waals surface area contributed by atoms with Gasteiger partial charge >= 0.3 is 12.1 Å². The zero-order valence-corrected chi connectivity index (χ0v) is 16.3. The van der Waals surface area contributed by atoms with Gasteiger partial charge in [-0.15, -0.1) is 0 Å². The molecule has 0 aromatic heterocycles. The lowest BCUT2D eigenvalue weighted by Crippen LogP contribution is -2.16. The molecule has 0 bridgehead atoms. The van der Waals surface area contributed by atoms with Crippen molar-refractivity contribution < 1.29 is 28.7 Å². The van der Waals surface area contributed by atoms with E-state index in [1.165, 1.54) is 36.4 Å². The number of unbranched alkanes of at least 4 members (excludes halogenated alkanes) is 1. The normalized spacial score (nSPS) is 15.9. The van der Waals surface area contributed by atoms with Crippen LogP contribution < -0.4 is 4.74 Å². The van der Waals surface area contributed by atoms with E-state index < -0.39 is 11.1 Å². The van der Waals surface area contributed by atoms with E-state index in [1.54, 1.807) is 0 Å². The molecule has 1 aromatic rings. The molecule has 27 heavy (non-hydrogen) atoms. The zero-order valence-electron chi connectivity index (χ0n) is 14.7. The van der Waals surface area contributed by atoms with Crippen LogP contribution in [0.3, 0.4) is 0 Å². The van der Waals surface area contributed by atoms with Crippen molar-refractivity contribution in [3.05, 3.63) is 34.4 Å². The molecule has 10 heteroatoms. The van der Waals surface area contributed by atoms with Crippen LogP contribution in [-0.4, -0.2) is 41.3 Å². The van der Waals surface area contributed by atoms with Gasteiger partial charge in [-0.3, -0.25) is 14.9 Å². The Labute approximate surface area is 164 Å². The fourth-order valence-electron chi connectivity index (χ4n) is 2.32. The largest absolute Gasteiger partial charge is 0.513 e. The number of esters is 1. The second kappa shape index (κ2) is 11.7. The fourth-order valence-corrected chi connectivity index (χ4v) is 5.35. The number of carbonyl (C=O) groups excluding carboxylic acids is 2. The van der Waals surface area contributed by atoms with E-state index in [-0.39, 0.29) is 30.6 Å². The molecule has 0 saturated carbocycles. The number of carbonyl (C=O) groups is 2. The highest BCUT2D eigenvalue weighted by atomic mass is 33.1. The number of rotatable bonds is 10. The van der Waals surface area contributed by atoms with Crippen LogP contribution in [0.1, 0.15) is 32.1 Å². The van der Waals surface area contributed by atoms with Gasteiger partial charge in [0.2, 0.25) is 0 Å². The summed E-state index contributed by atoms with van der Waals surface area (Å²) in [4.78, 5) is 33.1. The maximum atomic E-state index is 11.6. The molecule has 0 aliphatic carbocycles. The average molecular weight is 415 g/mol. The first-order valence-corrected chi connectivity index (χ1v) is 11.0. The van der Waals surface area contributed by atoms with Crippen molar-refractivity contribution >= 4 is 39.4 Å². The Hall–Kier alpha value is -1.94. The highest BCUT2D eigenvalue weighted by Gasteiger charge is 2.16. The molecule has 0 radical (unpaired) electrons. The van der Waals surface area contributed by atoms with Gasteiger partial charge in [0, 0.05) is 29.6 Å². The van der Waals surface area contributed by atoms with E-state index in [2.05, 4.69) is 0 Å². The first-order valence-electron chi connectivity index (χ1n) is 8.57. The number of non-ortho nitro benzene ring substituents is 1. The van der Waals surface area contributed by atoms with E-state index in [4.69, 9.17) is 14.2 Å². The minimum absolute atomic E-state index is 0.0384. The number of hydrogen-bond donors (Lipinski definition) is 0. The number of hydrogen-bond acceptors (Lipinski definition) is 9. The van der Waals surface area contributed by atoms with Crippen LogP contribution in [-0.2, 0) is 14.3 Å². The molecule has 1 aromatic carbocycles. The molecular weight excluding hydrogens is 394 g/mol. The highest BCUT2D eigenvalue weighted by Crippen LogP contribution is 2.39. The third kappa shape index (κ3) is 8.53. The Morgan fingerprint density at radius 3 is 2.56 bits per heavy atom. The Morgan fingerprint density at radius 2 is 1.89 bits per heavy atom. The molecule has 0 amide bonds. The summed E-state index contributed by atoms with van der Waals surface area (Å²) >= 11 is 0. The topological polar surface area (TPSA) is 105 Å². The first kappa shape index (κ1) is 21.4. The van der Waals surface area contributed by atoms with Gasteiger partial charge in [-0.2, -0.15) is 0 Å². The van der Waals surface area contributed by atoms with Crippen LogP contribution in [0.4, 0.5) is 10.5 Å². The SMILES string of the molecule is O=C(CCCCC1CCSS1)OCCOC(=O)Oc1ccc([N+](=O)[O-])cc1. The monoisotopic (exact) mass is 415 g/mol. The summed E-state index contributed by atoms with van der Waals surface area (Å²) in [6.07, 6.45) is 3.56. The minimum atomic E-state index is -0.966. The Bertz CT molecular complexity index is 633. The molecule has 0 N–H and O–H groups in total. The number of benzene rings is 1. The van der Waals surface area contributed by atoms with Crippen LogP contribution in [0.5, 0.6) is 5.75 Å². The Morgan fingerprint density at radius 1 is 1.15 bits per heavy atom. The maximum Gasteiger partial charge on any atom is 0.513 e. The van der Waals surface area contributed by atoms with Gasteiger partial charge in [-0.25, -0.2) is 4.79 Å². The lowest BCUT2D eigenvalue weighted by molar-refractivity contribution is -0.384. The number of nitrogens with zero attached hydrogens (tertiary/aromatic N) is 1. The molecule has 1 heterocycles. The molecular formula is C17H21NO7S2. The van der Waals surface area contributed by atoms with Crippen LogP contribution in [0.25, 0.3) is 0 Å². The lowest BCUT2D eigenvalue weighted by Gasteiger charge is -2.08. The van der Waals surface area contributed by atoms with Gasteiger partial charge in [0.25, 0.3) is 5.69 Å². The maximum absolute atomic E-state index is 11.6. The van der Waals surface area contributed by atoms with Crippen LogP contribution in [0.15, 0.2) is 24.3 Å². The van der Waals surface area contributed by atoms with Crippen molar-refractivity contribution in [3.8, 4) is 5.75 Å². The summed E-state index contributed by atoms with van der Waals surface area (Å²) in [7, 11) is 3.84. The Kier molecular flexibility index (Phi) is 9.26. The third-order valence-corrected chi connectivity index (χ3v) is 6.71. The molecule has 8 nitrogen and oxygen atoms in total. The van der Waals surface area contributed by atoms with Crippen molar-refractivity contribution in [1.29, 1.82) is 0 Å². The van der Waals surface area contributed by atoms with E-state index in [0.29, 0.717) is 11.7 Å². The summed E-state index contributed by atoms with van der Waals surface area (Å²) in [6, 6.07) is 5.02. The van der Waals surface area contributed by atoms with Gasteiger partial charge in [0.1, 0.15) is 19.0 Å². The van der Waals surface area contributed by atoms with E-state index in [1.807, 2.05) is 21.6 Å². The number of nitro benzene ring substituents is 1. The standard InChI is InChI=1S/C17H21NO7S2/c19-16(4-2-1-3-15-9-12-26-27-15)23-10-11-24-17(20)25-14-7-5-13(6-8-14)18(21)22/h5-8,15H,1-4,9-12H2. The van der Waals surface area contributed by atoms with Crippen LogP contribution in [0.2, 0.25) is 0 Å². The van der Waals surface area contributed by atoms with E-state index >= 15 is 0 Å². The van der Waals surface area contributed by atoms with Crippen molar-refractivity contribution in [2.45, 2.75) is 37.4 Å². The van der Waals surface area contributed by atoms with Gasteiger partial charge in [-0.1, -0.05) is 28.0 Å². The van der Waals surface area contributed by atoms with Crippen molar-refractivity contribution in [1.82, 2.24) is 0 Å². The van der Waals surface area contributed by atoms with Gasteiger partial charge < -0.3 is 14.2 Å². The number of ether oxygens (including phenoxy) is 3. The molecule has 1 saturated heterocycles. The second-order valence-corrected chi connectivity index (χ2v) is 8.53. The summed E-state index contributed by atoms with van der Waals surface area (Å²) in [5.41, 5.74) is -0.108. The fraction of sp³-hybridized carbons (Fsp3) is 0.529. The van der Waals surface area contributed by atoms with E-state index in [0.717, 1.165) is 19.3 Å². The molecule has 1 aliphatic heterocycles. The van der Waals surface area contributed by atoms with Gasteiger partial charge in [0.05, 0.1) is 4.92 Å². The predicted octanol–water partition coefficient (Wildman–Crippen LogP) is 4.37. The van der Waals surface area contributed by atoms with Crippen molar-refractivity contribution in [3.63, 3.8) is 0 Å². The summed E-state index contributed by atoms with van der Waals surface area (Å²) < 4.78 is 14.6. The molecule has 0 spiro atoms. The van der Waals surface area contributed by atoms with Crippen LogP contribution >= 0.6 is 21.6 Å². The minimum Gasteiger partial charge on any atom is -0.462 e. The molecule has 1 fully saturated rings. The molecule has 148 valence electrons. The second-order valence-electron chi connectivity index (χ2n) is 5.75. The first-order chi connectivity index (χ1) is 13.0. The average Bonchev–Trinajstić information content (AvgIpc) is 3.16. The molecule has 1 unspecified atom stereocenters. The summed E-state index contributed by atoms with van der Waals surface area (Å²) in [6.45, 7) is -0.156. The summed E-state index contributed by atoms with van der Waals surface area (Å²) in [5.74, 6) is 1.03. The van der Waals surface area contributed by atoms with Gasteiger partial charge in [-0.05, 0) is 31.4 Å². The third-order valence-electron chi connectivity index (χ3n) is 3.70. The quantitative estimate of drug-likeness (QED) is 0.137. The molecule has 1 atom stereocenters. The van der Waals surface area contributed by atoms with Gasteiger partial charge in [0.15, 0.2) is 0 Å². The highest BCUT2D eigenvalue weighted by molar-refractivity contribution is 8.77. The predicted molar refractivity (Wildman–Crippen MR) is 103 cm³/mol. The van der Waals surface area contributed by atoms with E-state index in [9.17, 15) is 19.7 Å². The summed E-state index contributed by atoms with van der Waals surface area (Å²) in [5, 5.41) is 11.2. The molecule has 1 aliphatic rings.